The van der Waals surface area contributed by atoms with Crippen LogP contribution in [0.1, 0.15) is 55.0 Å². The van der Waals surface area contributed by atoms with E-state index in [2.05, 4.69) is 110 Å². The standard InChI is InChI=1S/C42H33N3OS/c1-25-13-9-10-19-29(25)35-34(43-28-17-7-4-8-18-28)24-23-31-30-20-12-21-32(38(30)46-39(31)35)36-41-37(33-22-11-14-26(2)40(33)47-41)45-42(44-36)27-15-5-3-6-16-27/h3-8,10-12,15-24,26,43H,9,13-14H2,1-2H3. The third kappa shape index (κ3) is 4.64. The van der Waals surface area contributed by atoms with Crippen LogP contribution in [-0.4, -0.2) is 9.97 Å². The van der Waals surface area contributed by atoms with E-state index < -0.39 is 0 Å². The molecule has 4 nitrogen and oxygen atoms in total. The van der Waals surface area contributed by atoms with Gasteiger partial charge in [-0.05, 0) is 68.0 Å². The van der Waals surface area contributed by atoms with Crippen LogP contribution in [0.4, 0.5) is 11.4 Å². The molecule has 4 aromatic carbocycles. The van der Waals surface area contributed by atoms with E-state index in [1.807, 2.05) is 35.6 Å². The lowest BCUT2D eigenvalue weighted by Gasteiger charge is -2.18. The zero-order valence-electron chi connectivity index (χ0n) is 26.4. The minimum atomic E-state index is 0.447. The second-order valence-electron chi connectivity index (χ2n) is 12.6. The molecule has 47 heavy (non-hydrogen) atoms. The molecule has 228 valence electrons. The summed E-state index contributed by atoms with van der Waals surface area (Å²) in [7, 11) is 0. The smallest absolute Gasteiger partial charge is 0.160 e. The summed E-state index contributed by atoms with van der Waals surface area (Å²) in [5.74, 6) is 1.18. The highest BCUT2D eigenvalue weighted by Crippen LogP contribution is 2.47. The van der Waals surface area contributed by atoms with E-state index in [1.165, 1.54) is 21.6 Å². The van der Waals surface area contributed by atoms with Gasteiger partial charge < -0.3 is 9.73 Å². The molecule has 1 N–H and O–H groups in total. The normalized spacial score (nSPS) is 16.0. The second-order valence-corrected chi connectivity index (χ2v) is 13.7. The third-order valence-electron chi connectivity index (χ3n) is 9.53. The van der Waals surface area contributed by atoms with Gasteiger partial charge in [0.05, 0.1) is 21.6 Å². The average Bonchev–Trinajstić information content (AvgIpc) is 3.69. The van der Waals surface area contributed by atoms with Crippen LogP contribution >= 0.6 is 11.3 Å². The van der Waals surface area contributed by atoms with Crippen molar-refractivity contribution >= 4 is 66.5 Å². The van der Waals surface area contributed by atoms with Crippen molar-refractivity contribution in [2.45, 2.75) is 39.0 Å². The van der Waals surface area contributed by atoms with Gasteiger partial charge in [-0.15, -0.1) is 11.3 Å². The van der Waals surface area contributed by atoms with Crippen molar-refractivity contribution in [3.8, 4) is 22.6 Å². The first-order valence-electron chi connectivity index (χ1n) is 16.4. The lowest BCUT2D eigenvalue weighted by molar-refractivity contribution is 0.668. The summed E-state index contributed by atoms with van der Waals surface area (Å²) >= 11 is 1.83. The summed E-state index contributed by atoms with van der Waals surface area (Å²) in [6, 6.07) is 31.5. The largest absolute Gasteiger partial charge is 0.455 e. The molecule has 0 amide bonds. The highest BCUT2D eigenvalue weighted by Gasteiger charge is 2.26. The van der Waals surface area contributed by atoms with Crippen LogP contribution in [-0.2, 0) is 0 Å². The number of fused-ring (bicyclic) bond motifs is 6. The average molecular weight is 628 g/mol. The predicted molar refractivity (Wildman–Crippen MR) is 198 cm³/mol. The highest BCUT2D eigenvalue weighted by molar-refractivity contribution is 7.20. The fourth-order valence-corrected chi connectivity index (χ4v) is 8.40. The third-order valence-corrected chi connectivity index (χ3v) is 11.0. The number of nitrogens with zero attached hydrogens (tertiary/aromatic N) is 2. The van der Waals surface area contributed by atoms with E-state index in [0.717, 1.165) is 91.0 Å². The molecular weight excluding hydrogens is 595 g/mol. The Morgan fingerprint density at radius 3 is 2.45 bits per heavy atom. The van der Waals surface area contributed by atoms with Gasteiger partial charge in [0.25, 0.3) is 0 Å². The first kappa shape index (κ1) is 28.0. The number of rotatable bonds is 5. The zero-order chi connectivity index (χ0) is 31.5. The van der Waals surface area contributed by atoms with Crippen LogP contribution in [0.15, 0.2) is 119 Å². The number of nitrogens with one attached hydrogen (secondary N) is 1. The SMILES string of the molecule is CC1=C(c2c(Nc3ccccc3)ccc3c2oc2c(-c4nc(-c5ccccc5)nc5c6c(sc45)C(C)CC=C6)cccc23)C=CCC1. The second kappa shape index (κ2) is 11.2. The molecule has 3 aromatic heterocycles. The molecule has 1 atom stereocenters. The lowest BCUT2D eigenvalue weighted by Crippen LogP contribution is -1.99. The minimum absolute atomic E-state index is 0.447. The van der Waals surface area contributed by atoms with E-state index >= 15 is 0 Å². The fourth-order valence-electron chi connectivity index (χ4n) is 7.11. The summed E-state index contributed by atoms with van der Waals surface area (Å²) in [6.07, 6.45) is 12.2. The Hall–Kier alpha value is -5.26. The van der Waals surface area contributed by atoms with E-state index in [1.54, 1.807) is 0 Å². The maximum absolute atomic E-state index is 7.09. The molecule has 0 bridgehead atoms. The van der Waals surface area contributed by atoms with Gasteiger partial charge in [0, 0.05) is 43.6 Å². The van der Waals surface area contributed by atoms with Crippen LogP contribution in [0.2, 0.25) is 0 Å². The number of para-hydroxylation sites is 2. The van der Waals surface area contributed by atoms with Gasteiger partial charge in [0.15, 0.2) is 5.82 Å². The summed E-state index contributed by atoms with van der Waals surface area (Å²) in [6.45, 7) is 4.55. The minimum Gasteiger partial charge on any atom is -0.455 e. The quantitative estimate of drug-likeness (QED) is 0.206. The maximum atomic E-state index is 7.09. The van der Waals surface area contributed by atoms with Crippen LogP contribution in [0, 0.1) is 0 Å². The van der Waals surface area contributed by atoms with E-state index in [-0.39, 0.29) is 0 Å². The predicted octanol–water partition coefficient (Wildman–Crippen LogP) is 12.3. The van der Waals surface area contributed by atoms with Gasteiger partial charge in [-0.2, -0.15) is 0 Å². The molecule has 0 aliphatic heterocycles. The van der Waals surface area contributed by atoms with Gasteiger partial charge in [0.1, 0.15) is 11.2 Å². The molecule has 0 saturated heterocycles. The molecule has 3 heterocycles. The summed E-state index contributed by atoms with van der Waals surface area (Å²) in [5, 5.41) is 5.89. The first-order chi connectivity index (χ1) is 23.1. The Labute approximate surface area is 277 Å². The van der Waals surface area contributed by atoms with E-state index in [0.29, 0.717) is 5.92 Å². The molecule has 0 radical (unpaired) electrons. The number of aromatic nitrogens is 2. The Kier molecular flexibility index (Phi) is 6.68. The lowest BCUT2D eigenvalue weighted by atomic mass is 9.91. The van der Waals surface area contributed by atoms with Crippen molar-refractivity contribution in [1.82, 2.24) is 9.97 Å². The molecule has 9 rings (SSSR count). The number of hydrogen-bond acceptors (Lipinski definition) is 5. The molecular formula is C42H33N3OS. The van der Waals surface area contributed by atoms with Gasteiger partial charge in [0.2, 0.25) is 0 Å². The number of anilines is 2. The van der Waals surface area contributed by atoms with Gasteiger partial charge in [-0.25, -0.2) is 9.97 Å². The number of furan rings is 1. The molecule has 0 saturated carbocycles. The van der Waals surface area contributed by atoms with Crippen LogP contribution in [0.5, 0.6) is 0 Å². The fraction of sp³-hybridized carbons (Fsp3) is 0.143. The Morgan fingerprint density at radius 2 is 1.62 bits per heavy atom. The Bertz CT molecular complexity index is 2430. The number of hydrogen-bond donors (Lipinski definition) is 1. The molecule has 2 aliphatic carbocycles. The van der Waals surface area contributed by atoms with Crippen LogP contribution < -0.4 is 5.32 Å². The molecule has 7 aromatic rings. The number of benzene rings is 4. The molecule has 1 unspecified atom stereocenters. The zero-order valence-corrected chi connectivity index (χ0v) is 27.2. The highest BCUT2D eigenvalue weighted by atomic mass is 32.1. The molecule has 5 heteroatoms. The molecule has 0 fully saturated rings. The number of allylic oxidation sites excluding steroid dienone is 5. The van der Waals surface area contributed by atoms with Crippen molar-refractivity contribution < 1.29 is 4.42 Å². The van der Waals surface area contributed by atoms with Crippen molar-refractivity contribution in [3.63, 3.8) is 0 Å². The van der Waals surface area contributed by atoms with Crippen molar-refractivity contribution in [2.75, 3.05) is 5.32 Å². The van der Waals surface area contributed by atoms with Gasteiger partial charge >= 0.3 is 0 Å². The number of thiophene rings is 1. The first-order valence-corrected chi connectivity index (χ1v) is 17.2. The van der Waals surface area contributed by atoms with Crippen molar-refractivity contribution in [1.29, 1.82) is 0 Å². The Balaban J connectivity index is 1.33. The summed E-state index contributed by atoms with van der Waals surface area (Å²) in [4.78, 5) is 11.9. The van der Waals surface area contributed by atoms with Crippen LogP contribution in [0.3, 0.4) is 0 Å². The molecule has 2 aliphatic rings. The van der Waals surface area contributed by atoms with Crippen molar-refractivity contribution in [3.05, 3.63) is 131 Å². The van der Waals surface area contributed by atoms with Gasteiger partial charge in [-0.1, -0.05) is 97.5 Å². The summed E-state index contributed by atoms with van der Waals surface area (Å²) < 4.78 is 8.20. The molecule has 0 spiro atoms. The maximum Gasteiger partial charge on any atom is 0.160 e. The monoisotopic (exact) mass is 627 g/mol. The van der Waals surface area contributed by atoms with E-state index in [4.69, 9.17) is 14.4 Å². The van der Waals surface area contributed by atoms with E-state index in [9.17, 15) is 0 Å². The van der Waals surface area contributed by atoms with Crippen molar-refractivity contribution in [2.24, 2.45) is 0 Å². The van der Waals surface area contributed by atoms with Crippen LogP contribution in [0.25, 0.3) is 66.4 Å². The Morgan fingerprint density at radius 1 is 0.809 bits per heavy atom. The van der Waals surface area contributed by atoms with Gasteiger partial charge in [-0.3, -0.25) is 0 Å². The topological polar surface area (TPSA) is 51.0 Å². The summed E-state index contributed by atoms with van der Waals surface area (Å²) in [5.41, 5.74) is 12.7.